The van der Waals surface area contributed by atoms with Gasteiger partial charge in [-0.25, -0.2) is 0 Å². The lowest BCUT2D eigenvalue weighted by molar-refractivity contribution is -0.137. The van der Waals surface area contributed by atoms with Gasteiger partial charge in [-0.3, -0.25) is 4.79 Å². The number of nitrogens with one attached hydrogen (secondary N) is 2. The molecule has 2 aromatic rings. The van der Waals surface area contributed by atoms with Crippen LogP contribution in [0.5, 0.6) is 5.75 Å². The van der Waals surface area contributed by atoms with Crippen molar-refractivity contribution < 1.29 is 23.1 Å². The number of hydrogen-bond acceptors (Lipinski definition) is 3. The van der Waals surface area contributed by atoms with E-state index in [1.54, 1.807) is 18.2 Å². The Kier molecular flexibility index (Phi) is 5.87. The highest BCUT2D eigenvalue weighted by atomic mass is 35.5. The fourth-order valence-electron chi connectivity index (χ4n) is 4.90. The van der Waals surface area contributed by atoms with E-state index < -0.39 is 39.8 Å². The number of halogens is 5. The lowest BCUT2D eigenvalue weighted by Gasteiger charge is -2.41. The monoisotopic (exact) mass is 472 g/mol. The van der Waals surface area contributed by atoms with Gasteiger partial charge in [-0.1, -0.05) is 41.8 Å². The van der Waals surface area contributed by atoms with Crippen LogP contribution < -0.4 is 10.6 Å². The fourth-order valence-corrected chi connectivity index (χ4v) is 5.55. The maximum absolute atomic E-state index is 13.3. The third-order valence-corrected chi connectivity index (χ3v) is 6.99. The van der Waals surface area contributed by atoms with E-state index >= 15 is 0 Å². The van der Waals surface area contributed by atoms with Gasteiger partial charge in [-0.15, -0.1) is 0 Å². The van der Waals surface area contributed by atoms with E-state index in [0.717, 1.165) is 44.4 Å². The van der Waals surface area contributed by atoms with E-state index in [9.17, 15) is 23.1 Å². The molecule has 1 saturated heterocycles. The van der Waals surface area contributed by atoms with Crippen molar-refractivity contribution in [1.29, 1.82) is 0 Å². The van der Waals surface area contributed by atoms with E-state index in [-0.39, 0.29) is 10.8 Å². The Balaban J connectivity index is 1.74. The normalized spacial score (nSPS) is 24.1. The van der Waals surface area contributed by atoms with Gasteiger partial charge < -0.3 is 15.7 Å². The molecule has 1 saturated carbocycles. The standard InChI is InChI=1S/C22H21Cl2F3N2O2/c23-16-7-6-15(22(25,26)27)18(24)17(16)20(31)29-19(13-4-1-5-14(30)9-13)21-8-2-3-12(10-21)11-28-21/h1,4-7,9,12,19,28,30H,2-3,8,10-11H2,(H,29,31). The molecule has 3 N–H and O–H groups in total. The molecule has 9 heteroatoms. The molecule has 0 radical (unpaired) electrons. The predicted octanol–water partition coefficient (Wildman–Crippen LogP) is 5.72. The third kappa shape index (κ3) is 4.23. The van der Waals surface area contributed by atoms with Crippen molar-refractivity contribution in [3.8, 4) is 5.75 Å². The molecule has 166 valence electrons. The van der Waals surface area contributed by atoms with Gasteiger partial charge >= 0.3 is 6.18 Å². The van der Waals surface area contributed by atoms with Crippen LogP contribution in [0.3, 0.4) is 0 Å². The number of phenols is 1. The molecule has 2 bridgehead atoms. The molecule has 2 aromatic carbocycles. The highest BCUT2D eigenvalue weighted by molar-refractivity contribution is 6.40. The minimum Gasteiger partial charge on any atom is -0.508 e. The van der Waals surface area contributed by atoms with Gasteiger partial charge in [0.2, 0.25) is 0 Å². The minimum absolute atomic E-state index is 0.0358. The second kappa shape index (κ2) is 8.19. The van der Waals surface area contributed by atoms with Crippen LogP contribution >= 0.6 is 23.2 Å². The highest BCUT2D eigenvalue weighted by Gasteiger charge is 2.48. The van der Waals surface area contributed by atoms with Crippen LogP contribution in [-0.4, -0.2) is 23.1 Å². The minimum atomic E-state index is -4.72. The van der Waals surface area contributed by atoms with Crippen molar-refractivity contribution in [1.82, 2.24) is 10.6 Å². The second-order valence-electron chi connectivity index (χ2n) is 8.28. The molecule has 1 aliphatic carbocycles. The van der Waals surface area contributed by atoms with Gasteiger partial charge in [0, 0.05) is 5.54 Å². The lowest BCUT2D eigenvalue weighted by atomic mass is 9.73. The maximum Gasteiger partial charge on any atom is 0.417 e. The van der Waals surface area contributed by atoms with Gasteiger partial charge in [0.25, 0.3) is 5.91 Å². The number of aromatic hydroxyl groups is 1. The molecular formula is C22H21Cl2F3N2O2. The lowest BCUT2D eigenvalue weighted by Crippen LogP contribution is -2.52. The van der Waals surface area contributed by atoms with Crippen molar-refractivity contribution in [2.24, 2.45) is 5.92 Å². The summed E-state index contributed by atoms with van der Waals surface area (Å²) in [6, 6.07) is 7.72. The van der Waals surface area contributed by atoms with Gasteiger partial charge in [0.1, 0.15) is 5.75 Å². The van der Waals surface area contributed by atoms with Crippen molar-refractivity contribution in [3.05, 3.63) is 63.1 Å². The number of rotatable bonds is 4. The Labute approximate surface area is 187 Å². The molecule has 0 spiro atoms. The summed E-state index contributed by atoms with van der Waals surface area (Å²) in [4.78, 5) is 13.2. The van der Waals surface area contributed by atoms with Crippen LogP contribution in [0.2, 0.25) is 10.0 Å². The molecule has 2 aliphatic rings. The van der Waals surface area contributed by atoms with Crippen molar-refractivity contribution in [2.45, 2.75) is 43.4 Å². The van der Waals surface area contributed by atoms with Gasteiger partial charge in [0.15, 0.2) is 0 Å². The summed E-state index contributed by atoms with van der Waals surface area (Å²) in [6.45, 7) is 0.802. The molecule has 1 aliphatic heterocycles. The Morgan fingerprint density at radius 2 is 2.03 bits per heavy atom. The second-order valence-corrected chi connectivity index (χ2v) is 9.07. The Morgan fingerprint density at radius 1 is 1.26 bits per heavy atom. The van der Waals surface area contributed by atoms with Gasteiger partial charge in [0.05, 0.1) is 27.2 Å². The largest absolute Gasteiger partial charge is 0.508 e. The van der Waals surface area contributed by atoms with Gasteiger partial charge in [-0.2, -0.15) is 13.2 Å². The third-order valence-electron chi connectivity index (χ3n) is 6.29. The van der Waals surface area contributed by atoms with Crippen LogP contribution in [0.1, 0.15) is 53.2 Å². The van der Waals surface area contributed by atoms with Crippen LogP contribution in [0.15, 0.2) is 36.4 Å². The molecule has 3 unspecified atom stereocenters. The fraction of sp³-hybridized carbons (Fsp3) is 0.409. The van der Waals surface area contributed by atoms with Crippen LogP contribution in [0.25, 0.3) is 0 Å². The zero-order chi connectivity index (χ0) is 22.4. The van der Waals surface area contributed by atoms with Crippen molar-refractivity contribution in [2.75, 3.05) is 6.54 Å². The average molecular weight is 473 g/mol. The van der Waals surface area contributed by atoms with E-state index in [0.29, 0.717) is 11.5 Å². The Hall–Kier alpha value is -1.96. The summed E-state index contributed by atoms with van der Waals surface area (Å²) in [5, 5.41) is 15.5. The molecule has 4 rings (SSSR count). The topological polar surface area (TPSA) is 61.4 Å². The molecule has 4 nitrogen and oxygen atoms in total. The average Bonchev–Trinajstić information content (AvgIpc) is 2.99. The van der Waals surface area contributed by atoms with Crippen LogP contribution in [0, 0.1) is 5.92 Å². The number of carbonyl (C=O) groups excluding carboxylic acids is 1. The quantitative estimate of drug-likeness (QED) is 0.533. The summed E-state index contributed by atoms with van der Waals surface area (Å²) in [5.74, 6) is -0.292. The number of fused-ring (bicyclic) bond motifs is 2. The number of carbonyl (C=O) groups is 1. The number of alkyl halides is 3. The number of phenolic OH excluding ortho intramolecular Hbond substituents is 1. The molecule has 31 heavy (non-hydrogen) atoms. The zero-order valence-electron chi connectivity index (χ0n) is 16.4. The SMILES string of the molecule is O=C(NC(c1cccc(O)c1)C12CCCC(CN1)C2)c1c(Cl)ccc(C(F)(F)F)c1Cl. The zero-order valence-corrected chi connectivity index (χ0v) is 17.9. The van der Waals surface area contributed by atoms with E-state index in [2.05, 4.69) is 10.6 Å². The molecule has 1 amide bonds. The maximum atomic E-state index is 13.3. The van der Waals surface area contributed by atoms with E-state index in [1.807, 2.05) is 0 Å². The molecule has 0 aromatic heterocycles. The van der Waals surface area contributed by atoms with Crippen molar-refractivity contribution >= 4 is 29.1 Å². The summed E-state index contributed by atoms with van der Waals surface area (Å²) in [5.41, 5.74) is -1.34. The molecule has 3 atom stereocenters. The Morgan fingerprint density at radius 3 is 2.74 bits per heavy atom. The number of hydrogen-bond donors (Lipinski definition) is 3. The number of amides is 1. The molecular weight excluding hydrogens is 452 g/mol. The molecule has 1 heterocycles. The van der Waals surface area contributed by atoms with E-state index in [4.69, 9.17) is 23.2 Å². The summed E-state index contributed by atoms with van der Waals surface area (Å²) in [7, 11) is 0. The first-order valence-electron chi connectivity index (χ1n) is 10.0. The number of benzene rings is 2. The summed E-state index contributed by atoms with van der Waals surface area (Å²) in [6.07, 6.45) is -1.07. The highest BCUT2D eigenvalue weighted by Crippen LogP contribution is 2.46. The summed E-state index contributed by atoms with van der Waals surface area (Å²) < 4.78 is 39.9. The Bertz CT molecular complexity index is 1010. The predicted molar refractivity (Wildman–Crippen MR) is 112 cm³/mol. The first-order valence-corrected chi connectivity index (χ1v) is 10.8. The van der Waals surface area contributed by atoms with Crippen molar-refractivity contribution in [3.63, 3.8) is 0 Å². The first kappa shape index (κ1) is 22.2. The van der Waals surface area contributed by atoms with Crippen LogP contribution in [-0.2, 0) is 6.18 Å². The smallest absolute Gasteiger partial charge is 0.417 e. The summed E-state index contributed by atoms with van der Waals surface area (Å²) >= 11 is 12.1. The van der Waals surface area contributed by atoms with E-state index in [1.165, 1.54) is 6.07 Å². The van der Waals surface area contributed by atoms with Crippen LogP contribution in [0.4, 0.5) is 13.2 Å². The first-order chi connectivity index (χ1) is 14.6. The van der Waals surface area contributed by atoms with Gasteiger partial charge in [-0.05, 0) is 61.6 Å². The molecule has 2 fully saturated rings.